The summed E-state index contributed by atoms with van der Waals surface area (Å²) in [6, 6.07) is 126. The van der Waals surface area contributed by atoms with E-state index in [0.29, 0.717) is 5.15 Å². The number of hydrogen-bond donors (Lipinski definition) is 3. The quantitative estimate of drug-likeness (QED) is 0.0775. The molecule has 0 aliphatic heterocycles. The van der Waals surface area contributed by atoms with Crippen LogP contribution >= 0.6 is 67.1 Å². The van der Waals surface area contributed by atoms with E-state index in [-0.39, 0.29) is 22.7 Å². The zero-order valence-electron chi connectivity index (χ0n) is 73.2. The Hall–Kier alpha value is -16.1. The summed E-state index contributed by atoms with van der Waals surface area (Å²) in [6.07, 6.45) is 10.8. The minimum absolute atomic E-state index is 0. The van der Waals surface area contributed by atoms with Crippen LogP contribution in [0.4, 0.5) is 0 Å². The van der Waals surface area contributed by atoms with Crippen molar-refractivity contribution in [1.29, 1.82) is 0 Å². The predicted octanol–water partition coefficient (Wildman–Crippen LogP) is 30.2. The molecule has 15 heterocycles. The van der Waals surface area contributed by atoms with E-state index >= 15 is 0 Å². The average Bonchev–Trinajstić information content (AvgIpc) is 1.53. The van der Waals surface area contributed by atoms with Gasteiger partial charge in [-0.05, 0) is 265 Å². The Bertz CT molecular complexity index is 9170. The number of carboxylic acid groups (broad SMARTS) is 1. The molecule has 0 saturated heterocycles. The van der Waals surface area contributed by atoms with Gasteiger partial charge in [0, 0.05) is 141 Å². The first kappa shape index (κ1) is 87.9. The molecule has 0 atom stereocenters. The number of para-hydroxylation sites is 6. The number of nitrogens with one attached hydrogen (secondary N) is 1. The first-order valence-corrected chi connectivity index (χ1v) is 45.8. The summed E-state index contributed by atoms with van der Waals surface area (Å²) in [4.78, 5) is 39.4. The van der Waals surface area contributed by atoms with Crippen molar-refractivity contribution in [3.63, 3.8) is 0 Å². The lowest BCUT2D eigenvalue weighted by Gasteiger charge is -2.12. The lowest BCUT2D eigenvalue weighted by atomic mass is 10.1. The summed E-state index contributed by atoms with van der Waals surface area (Å²) in [5.41, 5.74) is 21.1. The van der Waals surface area contributed by atoms with Gasteiger partial charge in [0.05, 0.1) is 106 Å². The molecule has 12 aromatic carbocycles. The molecule has 0 amide bonds. The standard InChI is InChI=1S/C36H22N4O.C20H14N2O.C19H12N2O.C17H11BrN2.C15H13NO.C5H3ClIN.C2H4O2.BrH/c1-3-10-30-23(8-1)20-33-28-17-14-24(21-29(28)36-32(39(30)33)12-7-19-38-36)41-25-15-16-27-26-9-2-4-11-31(26)40(34(27)22-25)35-13-5-6-18-37-35;1-23-14-8-9-15-16(12-14)20-18(7-4-10-21-20)22-17-6-3-2-5-13(17)11-19(15)22;22-13-7-8-14-15(11-13)19-17(6-3-9-20-19)21-16-5-2-1-4-12(16)10-18(14)21;18-12-8-9-14-13-5-1-2-6-15(13)20(16(14)11-12)17-7-3-4-10-19-17;1-17-13-8-6-11(7-9-13)15-10-12-4-2-3-5-14(12)16-15;6-5-4(7)2-1-3-8-5;1-2(3)4;/h1-22H;2-12H,1H3;1-11,22H;1-11H;2-10,16H,1H3;1-3H;1H3,(H,3,4);1H. The largest absolute Gasteiger partial charge is 0.508 e. The molecular formula is C114H80Br2ClIN12O6. The summed E-state index contributed by atoms with van der Waals surface area (Å²) in [7, 11) is 3.37. The van der Waals surface area contributed by atoms with Crippen molar-refractivity contribution in [2.45, 2.75) is 6.92 Å². The topological polar surface area (TPSA) is 201 Å². The van der Waals surface area contributed by atoms with Gasteiger partial charge in [-0.3, -0.25) is 28.9 Å². The molecule has 0 radical (unpaired) electrons. The number of rotatable bonds is 7. The number of carbonyl (C=O) groups is 1. The van der Waals surface area contributed by atoms with Gasteiger partial charge < -0.3 is 42.6 Å². The molecule has 0 bridgehead atoms. The van der Waals surface area contributed by atoms with Crippen LogP contribution in [0.1, 0.15) is 6.92 Å². The number of phenolic OH excluding ortho intramolecular Hbond substituents is 1. The SMILES string of the molecule is Br.Brc1ccc2c3ccccc3n(-c3ccccn3)c2c1.CC(=O)O.COc1ccc(-c2cc3ccccc3[nH]2)cc1.COc1ccc2c(c1)c1ncccc1n1c3ccccc3cc21.Clc1ncccc1I.Oc1ccc2c(c1)c1ncccc1n1c3ccccc3cc21.c1ccc(-n2c3ccccc3c3ccc(Oc4ccc5c(c4)c4ncccc4n4c6ccccc6cc54)cc32)nc1. The van der Waals surface area contributed by atoms with E-state index < -0.39 is 5.97 Å². The van der Waals surface area contributed by atoms with Gasteiger partial charge in [-0.2, -0.15) is 0 Å². The van der Waals surface area contributed by atoms with Crippen molar-refractivity contribution in [3.05, 3.63) is 420 Å². The van der Waals surface area contributed by atoms with Crippen molar-refractivity contribution in [2.24, 2.45) is 0 Å². The number of methoxy groups -OCH3 is 2. The number of aromatic nitrogens is 12. The maximum Gasteiger partial charge on any atom is 0.300 e. The molecule has 660 valence electrons. The first-order valence-electron chi connectivity index (χ1n) is 43.5. The molecule has 0 unspecified atom stereocenters. The number of H-pyrrole nitrogens is 1. The van der Waals surface area contributed by atoms with Crippen LogP contribution in [0, 0.1) is 3.57 Å². The third-order valence-corrected chi connectivity index (χ3v) is 25.9. The molecule has 22 heteroatoms. The van der Waals surface area contributed by atoms with Crippen molar-refractivity contribution < 1.29 is 29.2 Å². The van der Waals surface area contributed by atoms with Crippen molar-refractivity contribution >= 4 is 242 Å². The number of aliphatic carboxylic acids is 1. The smallest absolute Gasteiger partial charge is 0.300 e. The Balaban J connectivity index is 0.000000105. The lowest BCUT2D eigenvalue weighted by molar-refractivity contribution is -0.134. The van der Waals surface area contributed by atoms with Crippen LogP contribution in [0.3, 0.4) is 0 Å². The molecular weight excluding hydrogens is 1960 g/mol. The number of benzene rings is 12. The summed E-state index contributed by atoms with van der Waals surface area (Å²) in [5.74, 6) is 4.52. The molecule has 15 aromatic heterocycles. The Kier molecular flexibility index (Phi) is 24.7. The maximum absolute atomic E-state index is 9.87. The minimum Gasteiger partial charge on any atom is -0.508 e. The number of nitrogens with zero attached hydrogens (tertiary/aromatic N) is 11. The summed E-state index contributed by atoms with van der Waals surface area (Å²) >= 11 is 11.3. The Morgan fingerprint density at radius 1 is 0.338 bits per heavy atom. The fourth-order valence-electron chi connectivity index (χ4n) is 18.1. The van der Waals surface area contributed by atoms with E-state index in [1.165, 1.54) is 87.3 Å². The van der Waals surface area contributed by atoms with Crippen LogP contribution in [0.2, 0.25) is 5.15 Å². The Morgan fingerprint density at radius 2 is 0.706 bits per heavy atom. The van der Waals surface area contributed by atoms with Crippen LogP contribution in [-0.4, -0.2) is 87.6 Å². The number of hydrogen-bond acceptors (Lipinski definition) is 11. The van der Waals surface area contributed by atoms with Crippen molar-refractivity contribution in [1.82, 2.24) is 57.2 Å². The van der Waals surface area contributed by atoms with E-state index in [2.05, 4.69) is 333 Å². The number of fused-ring (bicyclic) bond motifs is 31. The monoisotopic (exact) mass is 2030 g/mol. The highest BCUT2D eigenvalue weighted by atomic mass is 127. The molecule has 3 N–H and O–H groups in total. The zero-order valence-corrected chi connectivity index (χ0v) is 79.4. The molecule has 27 rings (SSSR count). The molecule has 0 aliphatic rings. The summed E-state index contributed by atoms with van der Waals surface area (Å²) in [5, 5.41) is 34.2. The zero-order chi connectivity index (χ0) is 91.7. The number of phenols is 1. The second-order valence-corrected chi connectivity index (χ2v) is 34.5. The number of ether oxygens (including phenoxy) is 3. The third kappa shape index (κ3) is 16.9. The minimum atomic E-state index is -0.833. The van der Waals surface area contributed by atoms with Gasteiger partial charge >= 0.3 is 0 Å². The Morgan fingerprint density at radius 3 is 1.17 bits per heavy atom. The summed E-state index contributed by atoms with van der Waals surface area (Å²) in [6.45, 7) is 1.08. The van der Waals surface area contributed by atoms with Gasteiger partial charge in [0.1, 0.15) is 45.5 Å². The van der Waals surface area contributed by atoms with Gasteiger partial charge in [0.15, 0.2) is 0 Å². The van der Waals surface area contributed by atoms with Crippen LogP contribution in [0.5, 0.6) is 28.7 Å². The molecule has 18 nitrogen and oxygen atoms in total. The van der Waals surface area contributed by atoms with Crippen LogP contribution in [0.15, 0.2) is 412 Å². The average molecular weight is 2040 g/mol. The van der Waals surface area contributed by atoms with Gasteiger partial charge in [0.25, 0.3) is 5.97 Å². The third-order valence-electron chi connectivity index (χ3n) is 23.9. The number of aromatic hydroxyl groups is 1. The van der Waals surface area contributed by atoms with Crippen LogP contribution in [-0.2, 0) is 4.79 Å². The highest BCUT2D eigenvalue weighted by Gasteiger charge is 2.21. The lowest BCUT2D eigenvalue weighted by Crippen LogP contribution is -1.96. The molecule has 0 spiro atoms. The van der Waals surface area contributed by atoms with Crippen molar-refractivity contribution in [2.75, 3.05) is 14.2 Å². The van der Waals surface area contributed by atoms with Gasteiger partial charge in [-0.15, -0.1) is 17.0 Å². The highest BCUT2D eigenvalue weighted by molar-refractivity contribution is 14.1. The molecule has 0 fully saturated rings. The van der Waals surface area contributed by atoms with E-state index in [1.807, 2.05) is 140 Å². The van der Waals surface area contributed by atoms with Crippen molar-refractivity contribution in [3.8, 4) is 51.6 Å². The van der Waals surface area contributed by atoms with E-state index in [1.54, 1.807) is 38.7 Å². The van der Waals surface area contributed by atoms with Crippen LogP contribution < -0.4 is 14.2 Å². The van der Waals surface area contributed by atoms with Gasteiger partial charge in [-0.25, -0.2) is 15.0 Å². The normalized spacial score (nSPS) is 11.2. The molecule has 27 aromatic rings. The fraction of sp³-hybridized carbons (Fsp3) is 0.0263. The predicted molar refractivity (Wildman–Crippen MR) is 572 cm³/mol. The second-order valence-electron chi connectivity index (χ2n) is 32.1. The molecule has 0 saturated carbocycles. The maximum atomic E-state index is 9.87. The first-order chi connectivity index (χ1) is 66.3. The molecule has 136 heavy (non-hydrogen) atoms. The number of pyridine rings is 9. The van der Waals surface area contributed by atoms with E-state index in [9.17, 15) is 5.11 Å². The number of halogens is 4. The van der Waals surface area contributed by atoms with Gasteiger partial charge in [-0.1, -0.05) is 155 Å². The molecule has 0 aliphatic carbocycles. The van der Waals surface area contributed by atoms with Gasteiger partial charge in [0.2, 0.25) is 0 Å². The van der Waals surface area contributed by atoms with E-state index in [4.69, 9.17) is 40.7 Å². The number of carboxylic acids is 1. The second kappa shape index (κ2) is 38.3. The number of aromatic amines is 1. The highest BCUT2D eigenvalue weighted by Crippen LogP contribution is 2.42. The fourth-order valence-corrected chi connectivity index (χ4v) is 19.0. The Labute approximate surface area is 815 Å². The van der Waals surface area contributed by atoms with Crippen LogP contribution in [0.25, 0.3) is 192 Å². The van der Waals surface area contributed by atoms with E-state index in [0.717, 1.165) is 143 Å². The summed E-state index contributed by atoms with van der Waals surface area (Å²) < 4.78 is 30.4.